The number of amides is 1. The second-order valence-corrected chi connectivity index (χ2v) is 6.79. The zero-order valence-corrected chi connectivity index (χ0v) is 15.8. The molecule has 0 radical (unpaired) electrons. The van der Waals surface area contributed by atoms with E-state index in [1.165, 1.54) is 0 Å². The molecule has 6 heteroatoms. The molecule has 1 aromatic carbocycles. The second kappa shape index (κ2) is 7.67. The predicted octanol–water partition coefficient (Wildman–Crippen LogP) is 3.33. The molecule has 6 nitrogen and oxygen atoms in total. The Labute approximate surface area is 163 Å². The van der Waals surface area contributed by atoms with E-state index >= 15 is 0 Å². The average molecular weight is 372 g/mol. The number of rotatable bonds is 2. The number of benzene rings is 1. The molecule has 1 atom stereocenters. The molecule has 1 aliphatic rings. The molecule has 140 valence electrons. The Bertz CT molecular complexity index is 1080. The normalized spacial score (nSPS) is 15.3. The van der Waals surface area contributed by atoms with Gasteiger partial charge in [0, 0.05) is 35.3 Å². The second-order valence-electron chi connectivity index (χ2n) is 6.79. The number of fused-ring (bicyclic) bond motifs is 1. The summed E-state index contributed by atoms with van der Waals surface area (Å²) in [5.74, 6) is 7.34. The van der Waals surface area contributed by atoms with Crippen molar-refractivity contribution in [1.82, 2.24) is 14.5 Å². The van der Waals surface area contributed by atoms with Crippen LogP contribution in [0.25, 0.3) is 0 Å². The minimum Gasteiger partial charge on any atom is -0.371 e. The molecule has 1 N–H and O–H groups in total. The summed E-state index contributed by atoms with van der Waals surface area (Å²) in [5.41, 5.74) is 3.19. The lowest BCUT2D eigenvalue weighted by molar-refractivity contribution is 0.0603. The molecule has 0 bridgehead atoms. The highest BCUT2D eigenvalue weighted by Crippen LogP contribution is 2.21. The first-order valence-corrected chi connectivity index (χ1v) is 9.09. The molecule has 0 spiro atoms. The topological polar surface area (TPSA) is 69.0 Å². The average Bonchev–Trinajstić information content (AvgIpc) is 3.12. The van der Waals surface area contributed by atoms with Gasteiger partial charge >= 0.3 is 0 Å². The molecule has 4 rings (SSSR count). The number of hydrogen-bond donors (Lipinski definition) is 1. The number of nitrogens with zero attached hydrogens (tertiary/aromatic N) is 3. The predicted molar refractivity (Wildman–Crippen MR) is 106 cm³/mol. The van der Waals surface area contributed by atoms with Crippen LogP contribution < -0.4 is 5.32 Å². The van der Waals surface area contributed by atoms with Gasteiger partial charge < -0.3 is 14.6 Å². The SMILES string of the molecule is Cc1ccc(C(=O)Nc2cn3c(n2)COCC3C)cc1C#Cc1cccnc1. The molecule has 0 fully saturated rings. The van der Waals surface area contributed by atoms with Crippen molar-refractivity contribution in [3.05, 3.63) is 77.0 Å². The fourth-order valence-electron chi connectivity index (χ4n) is 3.04. The number of aryl methyl sites for hydroxylation is 1. The van der Waals surface area contributed by atoms with Gasteiger partial charge in [0.25, 0.3) is 5.91 Å². The molecule has 0 saturated carbocycles. The fraction of sp³-hybridized carbons (Fsp3) is 0.227. The molecule has 1 aliphatic heterocycles. The molecule has 0 saturated heterocycles. The molecule has 3 heterocycles. The van der Waals surface area contributed by atoms with Crippen molar-refractivity contribution in [2.45, 2.75) is 26.5 Å². The quantitative estimate of drug-likeness (QED) is 0.701. The summed E-state index contributed by atoms with van der Waals surface area (Å²) in [5, 5.41) is 2.87. The van der Waals surface area contributed by atoms with E-state index in [4.69, 9.17) is 4.74 Å². The molecule has 0 aliphatic carbocycles. The van der Waals surface area contributed by atoms with Gasteiger partial charge in [-0.1, -0.05) is 17.9 Å². The summed E-state index contributed by atoms with van der Waals surface area (Å²) in [6.45, 7) is 5.13. The molecular formula is C22H20N4O2. The fourth-order valence-corrected chi connectivity index (χ4v) is 3.04. The Kier molecular flexibility index (Phi) is 4.92. The number of anilines is 1. The lowest BCUT2D eigenvalue weighted by atomic mass is 10.0. The first-order valence-electron chi connectivity index (χ1n) is 9.09. The van der Waals surface area contributed by atoms with Gasteiger partial charge in [-0.15, -0.1) is 0 Å². The number of hydrogen-bond acceptors (Lipinski definition) is 4. The molecular weight excluding hydrogens is 352 g/mol. The van der Waals surface area contributed by atoms with Crippen LogP contribution in [0.5, 0.6) is 0 Å². The summed E-state index contributed by atoms with van der Waals surface area (Å²) in [6.07, 6.45) is 5.28. The van der Waals surface area contributed by atoms with E-state index in [0.29, 0.717) is 24.6 Å². The zero-order chi connectivity index (χ0) is 19.5. The first kappa shape index (κ1) is 18.0. The summed E-state index contributed by atoms with van der Waals surface area (Å²) in [7, 11) is 0. The van der Waals surface area contributed by atoms with Gasteiger partial charge in [0.1, 0.15) is 12.4 Å². The van der Waals surface area contributed by atoms with E-state index in [9.17, 15) is 4.79 Å². The summed E-state index contributed by atoms with van der Waals surface area (Å²) in [4.78, 5) is 21.2. The van der Waals surface area contributed by atoms with Gasteiger partial charge in [0.2, 0.25) is 0 Å². The highest BCUT2D eigenvalue weighted by Gasteiger charge is 2.19. The van der Waals surface area contributed by atoms with Gasteiger partial charge in [-0.2, -0.15) is 0 Å². The van der Waals surface area contributed by atoms with Crippen molar-refractivity contribution in [2.75, 3.05) is 11.9 Å². The highest BCUT2D eigenvalue weighted by atomic mass is 16.5. The lowest BCUT2D eigenvalue weighted by Crippen LogP contribution is -2.20. The van der Waals surface area contributed by atoms with Crippen LogP contribution in [0.15, 0.2) is 48.9 Å². The Morgan fingerprint density at radius 1 is 1.32 bits per heavy atom. The van der Waals surface area contributed by atoms with Gasteiger partial charge in [-0.05, 0) is 43.7 Å². The maximum absolute atomic E-state index is 12.7. The number of carbonyl (C=O) groups excluding carboxylic acids is 1. The van der Waals surface area contributed by atoms with E-state index in [2.05, 4.69) is 34.0 Å². The zero-order valence-electron chi connectivity index (χ0n) is 15.8. The third kappa shape index (κ3) is 3.80. The Hall–Kier alpha value is -3.43. The third-order valence-corrected chi connectivity index (χ3v) is 4.62. The Morgan fingerprint density at radius 3 is 3.00 bits per heavy atom. The van der Waals surface area contributed by atoms with Crippen LogP contribution in [0.2, 0.25) is 0 Å². The van der Waals surface area contributed by atoms with Crippen LogP contribution >= 0.6 is 0 Å². The number of pyridine rings is 1. The molecule has 1 unspecified atom stereocenters. The molecule has 2 aromatic heterocycles. The minimum absolute atomic E-state index is 0.204. The Morgan fingerprint density at radius 2 is 2.21 bits per heavy atom. The van der Waals surface area contributed by atoms with Crippen molar-refractivity contribution in [3.63, 3.8) is 0 Å². The molecule has 1 amide bonds. The van der Waals surface area contributed by atoms with Crippen LogP contribution in [-0.2, 0) is 11.3 Å². The van der Waals surface area contributed by atoms with E-state index < -0.39 is 0 Å². The largest absolute Gasteiger partial charge is 0.371 e. The standard InChI is InChI=1S/C22H20N4O2/c1-15-5-7-19(10-18(15)8-6-17-4-3-9-23-11-17)22(27)25-20-12-26-16(2)13-28-14-21(26)24-20/h3-5,7,9-12,16H,13-14H2,1-2H3,(H,25,27). The van der Waals surface area contributed by atoms with Crippen molar-refractivity contribution >= 4 is 11.7 Å². The van der Waals surface area contributed by atoms with Crippen molar-refractivity contribution in [1.29, 1.82) is 0 Å². The summed E-state index contributed by atoms with van der Waals surface area (Å²) in [6, 6.07) is 9.44. The third-order valence-electron chi connectivity index (χ3n) is 4.62. The number of ether oxygens (including phenoxy) is 1. The number of aromatic nitrogens is 3. The van der Waals surface area contributed by atoms with Crippen LogP contribution in [-0.4, -0.2) is 27.0 Å². The van der Waals surface area contributed by atoms with Crippen LogP contribution in [0.4, 0.5) is 5.82 Å². The highest BCUT2D eigenvalue weighted by molar-refractivity contribution is 6.04. The Balaban J connectivity index is 1.55. The van der Waals surface area contributed by atoms with Gasteiger partial charge in [0.05, 0.1) is 12.6 Å². The van der Waals surface area contributed by atoms with Crippen molar-refractivity contribution < 1.29 is 9.53 Å². The van der Waals surface area contributed by atoms with Gasteiger partial charge in [0.15, 0.2) is 5.82 Å². The molecule has 28 heavy (non-hydrogen) atoms. The molecule has 3 aromatic rings. The first-order chi connectivity index (χ1) is 13.6. The van der Waals surface area contributed by atoms with E-state index in [0.717, 1.165) is 22.5 Å². The maximum atomic E-state index is 12.7. The van der Waals surface area contributed by atoms with Crippen LogP contribution in [0.3, 0.4) is 0 Å². The van der Waals surface area contributed by atoms with Crippen LogP contribution in [0.1, 0.15) is 45.8 Å². The smallest absolute Gasteiger partial charge is 0.256 e. The monoisotopic (exact) mass is 372 g/mol. The summed E-state index contributed by atoms with van der Waals surface area (Å²) < 4.78 is 7.53. The van der Waals surface area contributed by atoms with E-state index in [1.807, 2.05) is 35.9 Å². The maximum Gasteiger partial charge on any atom is 0.256 e. The van der Waals surface area contributed by atoms with E-state index in [-0.39, 0.29) is 11.9 Å². The van der Waals surface area contributed by atoms with Gasteiger partial charge in [-0.25, -0.2) is 4.98 Å². The van der Waals surface area contributed by atoms with Crippen molar-refractivity contribution in [3.8, 4) is 11.8 Å². The number of imidazole rings is 1. The van der Waals surface area contributed by atoms with Gasteiger partial charge in [-0.3, -0.25) is 9.78 Å². The minimum atomic E-state index is -0.214. The lowest BCUT2D eigenvalue weighted by Gasteiger charge is -2.21. The van der Waals surface area contributed by atoms with E-state index in [1.54, 1.807) is 24.5 Å². The van der Waals surface area contributed by atoms with Crippen LogP contribution in [0, 0.1) is 18.8 Å². The van der Waals surface area contributed by atoms with Crippen molar-refractivity contribution in [2.24, 2.45) is 0 Å². The number of nitrogens with one attached hydrogen (secondary N) is 1. The number of carbonyl (C=O) groups is 1. The summed E-state index contributed by atoms with van der Waals surface area (Å²) >= 11 is 0.